The first-order valence-electron chi connectivity index (χ1n) is 6.15. The van der Waals surface area contributed by atoms with E-state index < -0.39 is 0 Å². The predicted octanol–water partition coefficient (Wildman–Crippen LogP) is 2.61. The lowest BCUT2D eigenvalue weighted by Gasteiger charge is -1.92. The molecule has 0 aliphatic carbocycles. The van der Waals surface area contributed by atoms with Crippen LogP contribution in [0, 0.1) is 0 Å². The Balaban J connectivity index is 1.67. The van der Waals surface area contributed by atoms with Crippen molar-refractivity contribution in [1.29, 1.82) is 0 Å². The third-order valence-corrected chi connectivity index (χ3v) is 3.65. The second-order valence-corrected chi connectivity index (χ2v) is 5.38. The molecule has 0 fully saturated rings. The summed E-state index contributed by atoms with van der Waals surface area (Å²) >= 11 is 7.25. The fraction of sp³-hybridized carbons (Fsp3) is 0.333. The fourth-order valence-electron chi connectivity index (χ4n) is 1.74. The summed E-state index contributed by atoms with van der Waals surface area (Å²) in [6.45, 7) is 0.422. The van der Waals surface area contributed by atoms with Crippen LogP contribution in [0.3, 0.4) is 0 Å². The van der Waals surface area contributed by atoms with Crippen LogP contribution >= 0.6 is 22.9 Å². The third kappa shape index (κ3) is 3.05. The van der Waals surface area contributed by atoms with Gasteiger partial charge < -0.3 is 4.52 Å². The van der Waals surface area contributed by atoms with Crippen LogP contribution in [0.5, 0.6) is 0 Å². The summed E-state index contributed by atoms with van der Waals surface area (Å²) in [6, 6.07) is 1.96. The van der Waals surface area contributed by atoms with Crippen LogP contribution in [0.25, 0.3) is 11.4 Å². The van der Waals surface area contributed by atoms with E-state index >= 15 is 0 Å². The Morgan fingerprint density at radius 1 is 1.40 bits per heavy atom. The maximum Gasteiger partial charge on any atom is 0.248 e. The van der Waals surface area contributed by atoms with Crippen molar-refractivity contribution < 1.29 is 4.52 Å². The minimum atomic E-state index is 0.422. The standard InChI is InChI=1S/C12H12ClN5OS/c13-4-1-2-10-6-18(17-15-10)7-11-14-12(16-19-11)9-3-5-20-8-9/h3,5-6,8H,1-2,4,7H2. The van der Waals surface area contributed by atoms with Crippen molar-refractivity contribution in [3.63, 3.8) is 0 Å². The highest BCUT2D eigenvalue weighted by Crippen LogP contribution is 2.18. The van der Waals surface area contributed by atoms with Gasteiger partial charge >= 0.3 is 0 Å². The van der Waals surface area contributed by atoms with Crippen LogP contribution in [0.2, 0.25) is 0 Å². The van der Waals surface area contributed by atoms with Crippen LogP contribution in [0.4, 0.5) is 0 Å². The van der Waals surface area contributed by atoms with Crippen LogP contribution in [-0.4, -0.2) is 31.0 Å². The molecule has 104 valence electrons. The molecule has 0 saturated carbocycles. The number of hydrogen-bond donors (Lipinski definition) is 0. The van der Waals surface area contributed by atoms with Crippen LogP contribution in [0.1, 0.15) is 18.0 Å². The molecular formula is C12H12ClN5OS. The van der Waals surface area contributed by atoms with E-state index in [-0.39, 0.29) is 0 Å². The summed E-state index contributed by atoms with van der Waals surface area (Å²) in [5, 5.41) is 16.0. The highest BCUT2D eigenvalue weighted by atomic mass is 35.5. The van der Waals surface area contributed by atoms with E-state index in [2.05, 4.69) is 20.5 Å². The first-order valence-corrected chi connectivity index (χ1v) is 7.63. The summed E-state index contributed by atoms with van der Waals surface area (Å²) in [4.78, 5) is 4.34. The van der Waals surface area contributed by atoms with E-state index in [4.69, 9.17) is 16.1 Å². The van der Waals surface area contributed by atoms with Crippen molar-refractivity contribution in [2.75, 3.05) is 5.88 Å². The Morgan fingerprint density at radius 2 is 2.35 bits per heavy atom. The SMILES string of the molecule is ClCCCc1cn(Cc2nc(-c3ccsc3)no2)nn1. The number of hydrogen-bond acceptors (Lipinski definition) is 6. The molecule has 8 heteroatoms. The van der Waals surface area contributed by atoms with Crippen molar-refractivity contribution in [1.82, 2.24) is 25.1 Å². The number of nitrogens with zero attached hydrogens (tertiary/aromatic N) is 5. The molecule has 0 aromatic carbocycles. The second-order valence-electron chi connectivity index (χ2n) is 4.22. The fourth-order valence-corrected chi connectivity index (χ4v) is 2.51. The zero-order chi connectivity index (χ0) is 13.8. The van der Waals surface area contributed by atoms with Crippen molar-refractivity contribution in [3.8, 4) is 11.4 Å². The van der Waals surface area contributed by atoms with Gasteiger partial charge in [0.2, 0.25) is 11.7 Å². The molecule has 0 aliphatic rings. The number of aromatic nitrogens is 5. The van der Waals surface area contributed by atoms with E-state index in [9.17, 15) is 0 Å². The zero-order valence-corrected chi connectivity index (χ0v) is 12.1. The quantitative estimate of drug-likeness (QED) is 0.655. The van der Waals surface area contributed by atoms with Gasteiger partial charge in [-0.05, 0) is 24.3 Å². The Hall–Kier alpha value is -1.73. The maximum atomic E-state index is 5.65. The van der Waals surface area contributed by atoms with Crippen molar-refractivity contribution >= 4 is 22.9 Å². The first kappa shape index (κ1) is 13.3. The molecule has 3 aromatic heterocycles. The van der Waals surface area contributed by atoms with Crippen LogP contribution in [0.15, 0.2) is 27.5 Å². The van der Waals surface area contributed by atoms with E-state index in [0.29, 0.717) is 24.1 Å². The molecule has 0 unspecified atom stereocenters. The van der Waals surface area contributed by atoms with Crippen molar-refractivity contribution in [3.05, 3.63) is 34.6 Å². The lowest BCUT2D eigenvalue weighted by Crippen LogP contribution is -2.00. The molecule has 6 nitrogen and oxygen atoms in total. The van der Waals surface area contributed by atoms with E-state index in [1.165, 1.54) is 0 Å². The molecule has 0 atom stereocenters. The van der Waals surface area contributed by atoms with E-state index in [1.54, 1.807) is 16.0 Å². The van der Waals surface area contributed by atoms with Gasteiger partial charge in [-0.1, -0.05) is 10.4 Å². The summed E-state index contributed by atoms with van der Waals surface area (Å²) in [7, 11) is 0. The summed E-state index contributed by atoms with van der Waals surface area (Å²) in [5.41, 5.74) is 1.88. The monoisotopic (exact) mass is 309 g/mol. The Labute approximate surface area is 124 Å². The normalized spacial score (nSPS) is 11.1. The lowest BCUT2D eigenvalue weighted by atomic mass is 10.3. The van der Waals surface area contributed by atoms with E-state index in [0.717, 1.165) is 24.1 Å². The van der Waals surface area contributed by atoms with E-state index in [1.807, 2.05) is 23.0 Å². The highest BCUT2D eigenvalue weighted by molar-refractivity contribution is 7.08. The minimum Gasteiger partial charge on any atom is -0.337 e. The largest absolute Gasteiger partial charge is 0.337 e. The first-order chi connectivity index (χ1) is 9.85. The number of thiophene rings is 1. The van der Waals surface area contributed by atoms with Crippen LogP contribution < -0.4 is 0 Å². The smallest absolute Gasteiger partial charge is 0.248 e. The Bertz CT molecular complexity index is 663. The van der Waals surface area contributed by atoms with Crippen molar-refractivity contribution in [2.45, 2.75) is 19.4 Å². The van der Waals surface area contributed by atoms with Crippen molar-refractivity contribution in [2.24, 2.45) is 0 Å². The van der Waals surface area contributed by atoms with Gasteiger partial charge in [0, 0.05) is 23.0 Å². The molecule has 0 bridgehead atoms. The van der Waals surface area contributed by atoms with Gasteiger partial charge in [-0.25, -0.2) is 4.68 Å². The molecule has 0 saturated heterocycles. The average molecular weight is 310 g/mol. The minimum absolute atomic E-state index is 0.422. The highest BCUT2D eigenvalue weighted by Gasteiger charge is 2.10. The molecule has 0 aliphatic heterocycles. The molecule has 0 N–H and O–H groups in total. The second kappa shape index (κ2) is 6.15. The number of rotatable bonds is 6. The Morgan fingerprint density at radius 3 is 3.15 bits per heavy atom. The van der Waals surface area contributed by atoms with Gasteiger partial charge in [-0.15, -0.1) is 16.7 Å². The molecule has 3 rings (SSSR count). The maximum absolute atomic E-state index is 5.65. The molecule has 20 heavy (non-hydrogen) atoms. The average Bonchev–Trinajstić information content (AvgIpc) is 3.18. The summed E-state index contributed by atoms with van der Waals surface area (Å²) in [6.07, 6.45) is 3.59. The van der Waals surface area contributed by atoms with Gasteiger partial charge in [-0.2, -0.15) is 16.3 Å². The van der Waals surface area contributed by atoms with Gasteiger partial charge in [0.25, 0.3) is 0 Å². The zero-order valence-electron chi connectivity index (χ0n) is 10.6. The third-order valence-electron chi connectivity index (χ3n) is 2.70. The summed E-state index contributed by atoms with van der Waals surface area (Å²) in [5.74, 6) is 1.74. The van der Waals surface area contributed by atoms with Gasteiger partial charge in [-0.3, -0.25) is 0 Å². The molecule has 3 heterocycles. The van der Waals surface area contributed by atoms with Crippen LogP contribution in [-0.2, 0) is 13.0 Å². The number of alkyl halides is 1. The predicted molar refractivity (Wildman–Crippen MR) is 75.8 cm³/mol. The Kier molecular flexibility index (Phi) is 4.08. The molecule has 0 amide bonds. The van der Waals surface area contributed by atoms with Gasteiger partial charge in [0.05, 0.1) is 5.69 Å². The van der Waals surface area contributed by atoms with Gasteiger partial charge in [0.15, 0.2) is 0 Å². The molecule has 0 spiro atoms. The lowest BCUT2D eigenvalue weighted by molar-refractivity contribution is 0.364. The molecular weight excluding hydrogens is 298 g/mol. The topological polar surface area (TPSA) is 69.6 Å². The molecule has 3 aromatic rings. The van der Waals surface area contributed by atoms with Gasteiger partial charge in [0.1, 0.15) is 6.54 Å². The number of halogens is 1. The summed E-state index contributed by atoms with van der Waals surface area (Å²) < 4.78 is 6.91. The number of aryl methyl sites for hydroxylation is 1. The molecule has 0 radical (unpaired) electrons.